The first-order chi connectivity index (χ1) is 9.59. The van der Waals surface area contributed by atoms with E-state index in [0.717, 1.165) is 10.8 Å². The molecule has 1 aromatic carbocycles. The standard InChI is InChI=1S/C14H18N4OS/c1-11(2)18-10-15-16-14(18)20-9-13(19)17(3)12-7-5-4-6-8-12/h4-8,10-11H,9H2,1-3H3. The molecule has 0 atom stereocenters. The Balaban J connectivity index is 1.97. The number of thioether (sulfide) groups is 1. The van der Waals surface area contributed by atoms with Gasteiger partial charge in [0.15, 0.2) is 5.16 Å². The summed E-state index contributed by atoms with van der Waals surface area (Å²) in [5.41, 5.74) is 0.892. The van der Waals surface area contributed by atoms with Crippen LogP contribution >= 0.6 is 11.8 Å². The van der Waals surface area contributed by atoms with Crippen LogP contribution in [0.1, 0.15) is 19.9 Å². The minimum Gasteiger partial charge on any atom is -0.315 e. The molecule has 2 rings (SSSR count). The Morgan fingerprint density at radius 2 is 2.05 bits per heavy atom. The second kappa shape index (κ2) is 6.56. The molecule has 0 bridgehead atoms. The SMILES string of the molecule is CC(C)n1cnnc1SCC(=O)N(C)c1ccccc1. The maximum absolute atomic E-state index is 12.2. The van der Waals surface area contributed by atoms with Gasteiger partial charge in [-0.05, 0) is 26.0 Å². The molecule has 0 unspecified atom stereocenters. The van der Waals surface area contributed by atoms with Gasteiger partial charge in [-0.1, -0.05) is 30.0 Å². The summed E-state index contributed by atoms with van der Waals surface area (Å²) in [6.45, 7) is 4.12. The number of anilines is 1. The smallest absolute Gasteiger partial charge is 0.237 e. The van der Waals surface area contributed by atoms with Gasteiger partial charge in [-0.2, -0.15) is 0 Å². The number of nitrogens with zero attached hydrogens (tertiary/aromatic N) is 4. The van der Waals surface area contributed by atoms with Crippen molar-refractivity contribution in [3.8, 4) is 0 Å². The lowest BCUT2D eigenvalue weighted by Gasteiger charge is -2.17. The van der Waals surface area contributed by atoms with E-state index < -0.39 is 0 Å². The van der Waals surface area contributed by atoms with Gasteiger partial charge in [-0.15, -0.1) is 10.2 Å². The molecule has 5 nitrogen and oxygen atoms in total. The molecule has 0 spiro atoms. The zero-order valence-corrected chi connectivity index (χ0v) is 12.7. The minimum absolute atomic E-state index is 0.0412. The van der Waals surface area contributed by atoms with Gasteiger partial charge in [0.2, 0.25) is 5.91 Å². The van der Waals surface area contributed by atoms with Gasteiger partial charge < -0.3 is 9.47 Å². The van der Waals surface area contributed by atoms with Crippen LogP contribution in [0.25, 0.3) is 0 Å². The molecule has 106 valence electrons. The average Bonchev–Trinajstić information content (AvgIpc) is 2.93. The number of hydrogen-bond donors (Lipinski definition) is 0. The summed E-state index contributed by atoms with van der Waals surface area (Å²) < 4.78 is 1.96. The van der Waals surface area contributed by atoms with E-state index in [4.69, 9.17) is 0 Å². The van der Waals surface area contributed by atoms with Crippen LogP contribution in [-0.2, 0) is 4.79 Å². The molecule has 0 saturated carbocycles. The van der Waals surface area contributed by atoms with Crippen molar-refractivity contribution in [2.24, 2.45) is 0 Å². The second-order valence-electron chi connectivity index (χ2n) is 4.69. The molecule has 20 heavy (non-hydrogen) atoms. The molecule has 0 radical (unpaired) electrons. The zero-order valence-electron chi connectivity index (χ0n) is 11.9. The van der Waals surface area contributed by atoms with Crippen LogP contribution in [0.4, 0.5) is 5.69 Å². The lowest BCUT2D eigenvalue weighted by atomic mass is 10.3. The predicted molar refractivity (Wildman–Crippen MR) is 81.0 cm³/mol. The van der Waals surface area contributed by atoms with Crippen LogP contribution in [0.2, 0.25) is 0 Å². The normalized spacial score (nSPS) is 10.8. The van der Waals surface area contributed by atoms with Crippen molar-refractivity contribution in [3.05, 3.63) is 36.7 Å². The maximum Gasteiger partial charge on any atom is 0.237 e. The first-order valence-corrected chi connectivity index (χ1v) is 7.42. The van der Waals surface area contributed by atoms with Crippen molar-refractivity contribution in [1.29, 1.82) is 0 Å². The third kappa shape index (κ3) is 3.39. The topological polar surface area (TPSA) is 51.0 Å². The van der Waals surface area contributed by atoms with Crippen LogP contribution in [0.5, 0.6) is 0 Å². The summed E-state index contributed by atoms with van der Waals surface area (Å²) in [5, 5.41) is 8.71. The van der Waals surface area contributed by atoms with Crippen LogP contribution in [-0.4, -0.2) is 33.5 Å². The van der Waals surface area contributed by atoms with E-state index in [-0.39, 0.29) is 11.9 Å². The fourth-order valence-corrected chi connectivity index (χ4v) is 2.67. The lowest BCUT2D eigenvalue weighted by molar-refractivity contribution is -0.115. The summed E-state index contributed by atoms with van der Waals surface area (Å²) in [6, 6.07) is 9.89. The lowest BCUT2D eigenvalue weighted by Crippen LogP contribution is -2.28. The summed E-state index contributed by atoms with van der Waals surface area (Å²) in [7, 11) is 1.78. The molecule has 0 aliphatic heterocycles. The Labute approximate surface area is 123 Å². The van der Waals surface area contributed by atoms with Crippen LogP contribution in [0, 0.1) is 0 Å². The van der Waals surface area contributed by atoms with E-state index in [1.54, 1.807) is 18.3 Å². The van der Waals surface area contributed by atoms with Crippen molar-refractivity contribution in [1.82, 2.24) is 14.8 Å². The monoisotopic (exact) mass is 290 g/mol. The predicted octanol–water partition coefficient (Wildman–Crippen LogP) is 2.61. The van der Waals surface area contributed by atoms with Gasteiger partial charge in [0, 0.05) is 18.8 Å². The number of rotatable bonds is 5. The highest BCUT2D eigenvalue weighted by molar-refractivity contribution is 7.99. The Hall–Kier alpha value is -1.82. The minimum atomic E-state index is 0.0412. The van der Waals surface area contributed by atoms with Gasteiger partial charge in [-0.25, -0.2) is 0 Å². The maximum atomic E-state index is 12.2. The highest BCUT2D eigenvalue weighted by atomic mass is 32.2. The summed E-state index contributed by atoms with van der Waals surface area (Å²) in [5.74, 6) is 0.385. The molecule has 1 heterocycles. The highest BCUT2D eigenvalue weighted by Crippen LogP contribution is 2.20. The highest BCUT2D eigenvalue weighted by Gasteiger charge is 2.14. The first-order valence-electron chi connectivity index (χ1n) is 6.43. The van der Waals surface area contributed by atoms with Gasteiger partial charge in [0.05, 0.1) is 5.75 Å². The zero-order chi connectivity index (χ0) is 14.5. The Morgan fingerprint density at radius 1 is 1.35 bits per heavy atom. The molecule has 0 fully saturated rings. The Bertz CT molecular complexity index is 568. The molecule has 2 aromatic rings. The number of carbonyl (C=O) groups is 1. The van der Waals surface area contributed by atoms with Gasteiger partial charge in [-0.3, -0.25) is 4.79 Å². The van der Waals surface area contributed by atoms with E-state index in [1.165, 1.54) is 11.8 Å². The van der Waals surface area contributed by atoms with E-state index in [2.05, 4.69) is 24.0 Å². The number of amides is 1. The number of aromatic nitrogens is 3. The van der Waals surface area contributed by atoms with Gasteiger partial charge in [0.1, 0.15) is 6.33 Å². The summed E-state index contributed by atoms with van der Waals surface area (Å²) in [6.07, 6.45) is 1.69. The average molecular weight is 290 g/mol. The van der Waals surface area contributed by atoms with Crippen molar-refractivity contribution in [2.75, 3.05) is 17.7 Å². The van der Waals surface area contributed by atoms with Crippen molar-refractivity contribution < 1.29 is 4.79 Å². The molecular weight excluding hydrogens is 272 g/mol. The molecule has 6 heteroatoms. The quantitative estimate of drug-likeness (QED) is 0.794. The number of hydrogen-bond acceptors (Lipinski definition) is 4. The molecule has 0 saturated heterocycles. The van der Waals surface area contributed by atoms with Gasteiger partial charge >= 0.3 is 0 Å². The summed E-state index contributed by atoms with van der Waals surface area (Å²) >= 11 is 1.41. The molecule has 0 aliphatic carbocycles. The largest absolute Gasteiger partial charge is 0.315 e. The van der Waals surface area contributed by atoms with Crippen molar-refractivity contribution >= 4 is 23.4 Å². The van der Waals surface area contributed by atoms with E-state index in [9.17, 15) is 4.79 Å². The Kier molecular flexibility index (Phi) is 4.79. The third-order valence-electron chi connectivity index (χ3n) is 2.94. The molecule has 0 aliphatic rings. The van der Waals surface area contributed by atoms with Crippen LogP contribution in [0.3, 0.4) is 0 Å². The molecule has 1 amide bonds. The Morgan fingerprint density at radius 3 is 2.70 bits per heavy atom. The number of benzene rings is 1. The third-order valence-corrected chi connectivity index (χ3v) is 3.88. The molecule has 1 aromatic heterocycles. The van der Waals surface area contributed by atoms with E-state index in [1.807, 2.05) is 34.9 Å². The molecule has 0 N–H and O–H groups in total. The van der Waals surface area contributed by atoms with E-state index in [0.29, 0.717) is 5.75 Å². The number of para-hydroxylation sites is 1. The van der Waals surface area contributed by atoms with Crippen LogP contribution < -0.4 is 4.90 Å². The number of carbonyl (C=O) groups excluding carboxylic acids is 1. The fourth-order valence-electron chi connectivity index (χ4n) is 1.71. The second-order valence-corrected chi connectivity index (χ2v) is 5.63. The van der Waals surface area contributed by atoms with Gasteiger partial charge in [0.25, 0.3) is 0 Å². The molecular formula is C14H18N4OS. The fraction of sp³-hybridized carbons (Fsp3) is 0.357. The van der Waals surface area contributed by atoms with Crippen molar-refractivity contribution in [3.63, 3.8) is 0 Å². The van der Waals surface area contributed by atoms with E-state index >= 15 is 0 Å². The summed E-state index contributed by atoms with van der Waals surface area (Å²) in [4.78, 5) is 13.8. The van der Waals surface area contributed by atoms with Crippen molar-refractivity contribution in [2.45, 2.75) is 25.0 Å². The first kappa shape index (κ1) is 14.6. The van der Waals surface area contributed by atoms with Crippen LogP contribution in [0.15, 0.2) is 41.8 Å².